The van der Waals surface area contributed by atoms with E-state index in [0.717, 1.165) is 12.3 Å². The van der Waals surface area contributed by atoms with Gasteiger partial charge in [0, 0.05) is 5.56 Å². The van der Waals surface area contributed by atoms with E-state index in [0.29, 0.717) is 38.7 Å². The highest BCUT2D eigenvalue weighted by Gasteiger charge is 2.41. The van der Waals surface area contributed by atoms with Crippen molar-refractivity contribution in [2.45, 2.75) is 31.8 Å². The van der Waals surface area contributed by atoms with E-state index in [4.69, 9.17) is 32.7 Å². The van der Waals surface area contributed by atoms with Crippen molar-refractivity contribution in [2.24, 2.45) is 11.8 Å². The molecule has 4 nitrogen and oxygen atoms in total. The number of para-hydroxylation sites is 1. The van der Waals surface area contributed by atoms with Crippen molar-refractivity contribution in [3.05, 3.63) is 52.0 Å². The fourth-order valence-electron chi connectivity index (χ4n) is 4.21. The van der Waals surface area contributed by atoms with Crippen LogP contribution in [0.15, 0.2) is 36.4 Å². The summed E-state index contributed by atoms with van der Waals surface area (Å²) < 4.78 is 11.7. The van der Waals surface area contributed by atoms with Crippen molar-refractivity contribution in [1.82, 2.24) is 0 Å². The highest BCUT2D eigenvalue weighted by molar-refractivity contribution is 6.40. The molecule has 0 saturated heterocycles. The van der Waals surface area contributed by atoms with Crippen LogP contribution in [0.5, 0.6) is 11.5 Å². The first-order chi connectivity index (χ1) is 13.0. The summed E-state index contributed by atoms with van der Waals surface area (Å²) in [7, 11) is 1.60. The normalized spacial score (nSPS) is 23.3. The van der Waals surface area contributed by atoms with Gasteiger partial charge in [0.2, 0.25) is 0 Å². The molecule has 2 bridgehead atoms. The van der Waals surface area contributed by atoms with Gasteiger partial charge >= 0.3 is 0 Å². The van der Waals surface area contributed by atoms with E-state index in [9.17, 15) is 4.79 Å². The molecule has 3 atom stereocenters. The molecule has 2 fully saturated rings. The van der Waals surface area contributed by atoms with Crippen LogP contribution in [0.2, 0.25) is 10.0 Å². The second kappa shape index (κ2) is 7.61. The number of methoxy groups -OCH3 is 1. The topological polar surface area (TPSA) is 47.6 Å². The van der Waals surface area contributed by atoms with E-state index >= 15 is 0 Å². The van der Waals surface area contributed by atoms with E-state index < -0.39 is 0 Å². The molecule has 2 aliphatic carbocycles. The molecule has 0 radical (unpaired) electrons. The van der Waals surface area contributed by atoms with Crippen molar-refractivity contribution < 1.29 is 14.3 Å². The summed E-state index contributed by atoms with van der Waals surface area (Å²) in [5.74, 6) is 2.32. The Balaban J connectivity index is 1.55. The second-order valence-electron chi connectivity index (χ2n) is 7.25. The molecule has 0 aliphatic heterocycles. The average Bonchev–Trinajstić information content (AvgIpc) is 3.28. The summed E-state index contributed by atoms with van der Waals surface area (Å²) in [6.45, 7) is 0. The standard InChI is InChI=1S/C21H21Cl2NO3/c1-26-17-8-7-14(21(25)24-20-15(22)3-2-4-16(20)23)11-19(17)27-18-10-12-5-6-13(18)9-12/h2-4,7-8,11-13,18H,5-6,9-10H2,1H3,(H,24,25). The minimum atomic E-state index is -0.301. The van der Waals surface area contributed by atoms with Crippen LogP contribution in [0.3, 0.4) is 0 Å². The van der Waals surface area contributed by atoms with Crippen molar-refractivity contribution >= 4 is 34.8 Å². The number of hydrogen-bond acceptors (Lipinski definition) is 3. The Morgan fingerprint density at radius 1 is 1.07 bits per heavy atom. The van der Waals surface area contributed by atoms with Crippen LogP contribution in [-0.4, -0.2) is 19.1 Å². The van der Waals surface area contributed by atoms with Crippen LogP contribution in [-0.2, 0) is 0 Å². The predicted molar refractivity (Wildman–Crippen MR) is 107 cm³/mol. The molecule has 2 aromatic rings. The second-order valence-corrected chi connectivity index (χ2v) is 8.06. The number of hydrogen-bond donors (Lipinski definition) is 1. The summed E-state index contributed by atoms with van der Waals surface area (Å²) in [5, 5.41) is 3.56. The highest BCUT2D eigenvalue weighted by Crippen LogP contribution is 2.47. The van der Waals surface area contributed by atoms with Crippen LogP contribution < -0.4 is 14.8 Å². The lowest BCUT2D eigenvalue weighted by atomic mass is 9.97. The number of rotatable bonds is 5. The zero-order valence-electron chi connectivity index (χ0n) is 15.0. The number of anilines is 1. The lowest BCUT2D eigenvalue weighted by Gasteiger charge is -2.24. The van der Waals surface area contributed by atoms with Crippen LogP contribution in [0.25, 0.3) is 0 Å². The zero-order chi connectivity index (χ0) is 19.0. The minimum Gasteiger partial charge on any atom is -0.493 e. The molecule has 0 heterocycles. The smallest absolute Gasteiger partial charge is 0.255 e. The summed E-state index contributed by atoms with van der Waals surface area (Å²) in [5.41, 5.74) is 0.863. The van der Waals surface area contributed by atoms with Crippen LogP contribution in [0, 0.1) is 11.8 Å². The fraction of sp³-hybridized carbons (Fsp3) is 0.381. The number of fused-ring (bicyclic) bond motifs is 2. The Kier molecular flexibility index (Phi) is 5.20. The lowest BCUT2D eigenvalue weighted by Crippen LogP contribution is -2.24. The van der Waals surface area contributed by atoms with Gasteiger partial charge in [-0.05, 0) is 67.9 Å². The number of ether oxygens (including phenoxy) is 2. The van der Waals surface area contributed by atoms with Crippen LogP contribution >= 0.6 is 23.2 Å². The van der Waals surface area contributed by atoms with Crippen molar-refractivity contribution in [3.8, 4) is 11.5 Å². The molecule has 0 aromatic heterocycles. The number of carbonyl (C=O) groups excluding carboxylic acids is 1. The number of amides is 1. The number of halogens is 2. The van der Waals surface area contributed by atoms with Gasteiger partial charge in [0.15, 0.2) is 11.5 Å². The van der Waals surface area contributed by atoms with E-state index in [1.54, 1.807) is 43.5 Å². The molecule has 1 N–H and O–H groups in total. The predicted octanol–water partition coefficient (Wildman–Crippen LogP) is 5.82. The monoisotopic (exact) mass is 405 g/mol. The van der Waals surface area contributed by atoms with Gasteiger partial charge in [-0.1, -0.05) is 29.3 Å². The molecule has 6 heteroatoms. The molecule has 3 unspecified atom stereocenters. The van der Waals surface area contributed by atoms with Crippen LogP contribution in [0.1, 0.15) is 36.0 Å². The summed E-state index contributed by atoms with van der Waals surface area (Å²) in [4.78, 5) is 12.7. The van der Waals surface area contributed by atoms with E-state index in [2.05, 4.69) is 5.32 Å². The Morgan fingerprint density at radius 2 is 1.85 bits per heavy atom. The van der Waals surface area contributed by atoms with Gasteiger partial charge in [-0.15, -0.1) is 0 Å². The number of carbonyl (C=O) groups is 1. The third-order valence-electron chi connectivity index (χ3n) is 5.58. The summed E-state index contributed by atoms with van der Waals surface area (Å²) in [6, 6.07) is 10.3. The van der Waals surface area contributed by atoms with Crippen LogP contribution in [0.4, 0.5) is 5.69 Å². The van der Waals surface area contributed by atoms with Gasteiger partial charge in [-0.2, -0.15) is 0 Å². The zero-order valence-corrected chi connectivity index (χ0v) is 16.5. The molecule has 27 heavy (non-hydrogen) atoms. The molecular weight excluding hydrogens is 385 g/mol. The molecular formula is C21H21Cl2NO3. The Morgan fingerprint density at radius 3 is 2.48 bits per heavy atom. The lowest BCUT2D eigenvalue weighted by molar-refractivity contribution is 0.102. The van der Waals surface area contributed by atoms with Crippen molar-refractivity contribution in [2.75, 3.05) is 12.4 Å². The molecule has 1 amide bonds. The quantitative estimate of drug-likeness (QED) is 0.681. The maximum atomic E-state index is 12.7. The van der Waals surface area contributed by atoms with Crippen molar-refractivity contribution in [1.29, 1.82) is 0 Å². The van der Waals surface area contributed by atoms with Gasteiger partial charge in [0.25, 0.3) is 5.91 Å². The molecule has 2 saturated carbocycles. The highest BCUT2D eigenvalue weighted by atomic mass is 35.5. The third-order valence-corrected chi connectivity index (χ3v) is 6.21. The van der Waals surface area contributed by atoms with Gasteiger partial charge in [0.1, 0.15) is 6.10 Å². The first kappa shape index (κ1) is 18.5. The molecule has 4 rings (SSSR count). The van der Waals surface area contributed by atoms with Gasteiger partial charge in [-0.25, -0.2) is 0 Å². The molecule has 2 aliphatic rings. The number of nitrogens with one attached hydrogen (secondary N) is 1. The Hall–Kier alpha value is -1.91. The molecule has 142 valence electrons. The molecule has 2 aromatic carbocycles. The van der Waals surface area contributed by atoms with Gasteiger partial charge in [0.05, 0.1) is 22.8 Å². The van der Waals surface area contributed by atoms with E-state index in [-0.39, 0.29) is 12.0 Å². The van der Waals surface area contributed by atoms with Crippen molar-refractivity contribution in [3.63, 3.8) is 0 Å². The first-order valence-electron chi connectivity index (χ1n) is 9.15. The largest absolute Gasteiger partial charge is 0.493 e. The minimum absolute atomic E-state index is 0.203. The summed E-state index contributed by atoms with van der Waals surface area (Å²) in [6.07, 6.45) is 5.07. The van der Waals surface area contributed by atoms with Gasteiger partial charge in [-0.3, -0.25) is 4.79 Å². The number of benzene rings is 2. The third kappa shape index (κ3) is 3.74. The Bertz CT molecular complexity index is 850. The Labute approximate surface area is 168 Å². The average molecular weight is 406 g/mol. The van der Waals surface area contributed by atoms with E-state index in [1.165, 1.54) is 19.3 Å². The maximum absolute atomic E-state index is 12.7. The fourth-order valence-corrected chi connectivity index (χ4v) is 4.70. The van der Waals surface area contributed by atoms with Gasteiger partial charge < -0.3 is 14.8 Å². The molecule has 0 spiro atoms. The SMILES string of the molecule is COc1ccc(C(=O)Nc2c(Cl)cccc2Cl)cc1OC1CC2CCC1C2. The maximum Gasteiger partial charge on any atom is 0.255 e. The first-order valence-corrected chi connectivity index (χ1v) is 9.91. The van der Waals surface area contributed by atoms with E-state index in [1.807, 2.05) is 0 Å². The summed E-state index contributed by atoms with van der Waals surface area (Å²) >= 11 is 12.3.